The fourth-order valence-corrected chi connectivity index (χ4v) is 7.40. The Morgan fingerprint density at radius 1 is 1.16 bits per heavy atom. The molecule has 2 N–H and O–H groups in total. The molecule has 3 fully saturated rings. The van der Waals surface area contributed by atoms with Gasteiger partial charge >= 0.3 is 12.2 Å². The predicted octanol–water partition coefficient (Wildman–Crippen LogP) is 6.50. The predicted molar refractivity (Wildman–Crippen MR) is 171 cm³/mol. The van der Waals surface area contributed by atoms with Crippen molar-refractivity contribution in [2.24, 2.45) is 0 Å². The number of ether oxygens (including phenoxy) is 1. The van der Waals surface area contributed by atoms with Gasteiger partial charge in [-0.1, -0.05) is 13.8 Å². The lowest BCUT2D eigenvalue weighted by molar-refractivity contribution is -0.137. The summed E-state index contributed by atoms with van der Waals surface area (Å²) < 4.78 is 93.0. The van der Waals surface area contributed by atoms with Crippen LogP contribution in [0.15, 0.2) is 24.4 Å². The maximum absolute atomic E-state index is 16.8. The summed E-state index contributed by atoms with van der Waals surface area (Å²) in [6.45, 7) is 7.98. The van der Waals surface area contributed by atoms with Crippen molar-refractivity contribution in [3.63, 3.8) is 0 Å². The Labute approximate surface area is 278 Å². The van der Waals surface area contributed by atoms with Gasteiger partial charge in [-0.25, -0.2) is 4.39 Å². The number of fused-ring (bicyclic) bond motifs is 3. The number of rotatable bonds is 6. The number of pyridine rings is 1. The van der Waals surface area contributed by atoms with Gasteiger partial charge in [0, 0.05) is 42.8 Å². The van der Waals surface area contributed by atoms with E-state index in [1.165, 1.54) is 19.2 Å². The summed E-state index contributed by atoms with van der Waals surface area (Å²) in [5, 5.41) is 18.9. The molecule has 0 amide bonds. The molecule has 1 unspecified atom stereocenters. The molecule has 0 radical (unpaired) electrons. The van der Waals surface area contributed by atoms with Gasteiger partial charge in [0.05, 0.1) is 22.0 Å². The summed E-state index contributed by atoms with van der Waals surface area (Å²) in [4.78, 5) is 17.2. The number of H-pyrrole nitrogens is 1. The molecule has 16 heteroatoms. The highest BCUT2D eigenvalue weighted by molar-refractivity contribution is 6.02. The van der Waals surface area contributed by atoms with Crippen LogP contribution < -0.4 is 15.0 Å². The molecule has 49 heavy (non-hydrogen) atoms. The van der Waals surface area contributed by atoms with E-state index in [0.717, 1.165) is 44.8 Å². The third-order valence-electron chi connectivity index (χ3n) is 9.43. The minimum Gasteiger partial charge on any atom is -0.461 e. The Morgan fingerprint density at radius 3 is 2.57 bits per heavy atom. The fraction of sp³-hybridized carbons (Fsp3) is 0.485. The smallest absolute Gasteiger partial charge is 0.417 e. The Hall–Kier alpha value is -4.49. The molecule has 0 saturated carbocycles. The van der Waals surface area contributed by atoms with Gasteiger partial charge in [-0.15, -0.1) is 0 Å². The Bertz CT molecular complexity index is 1940. The number of aromatic nitrogens is 5. The molecule has 10 nitrogen and oxygen atoms in total. The number of aromatic amines is 1. The number of anilines is 1. The van der Waals surface area contributed by atoms with Crippen molar-refractivity contribution in [1.82, 2.24) is 35.4 Å². The van der Waals surface area contributed by atoms with E-state index >= 15 is 4.39 Å². The summed E-state index contributed by atoms with van der Waals surface area (Å²) in [5.74, 6) is -1.03. The number of aryl methyl sites for hydroxylation is 1. The van der Waals surface area contributed by atoms with E-state index in [1.54, 1.807) is 11.0 Å². The fourth-order valence-electron chi connectivity index (χ4n) is 7.40. The summed E-state index contributed by atoms with van der Waals surface area (Å²) >= 11 is 0. The lowest BCUT2D eigenvalue weighted by Gasteiger charge is -2.34. The number of benzene rings is 1. The number of hydrogen-bond acceptors (Lipinski definition) is 9. The zero-order valence-electron chi connectivity index (χ0n) is 27.2. The summed E-state index contributed by atoms with van der Waals surface area (Å²) in [6.07, 6.45) is -1.03. The van der Waals surface area contributed by atoms with Gasteiger partial charge < -0.3 is 15.0 Å². The molecule has 3 aliphatic heterocycles. The zero-order chi connectivity index (χ0) is 35.1. The summed E-state index contributed by atoms with van der Waals surface area (Å²) in [6, 6.07) is 2.04. The van der Waals surface area contributed by atoms with Crippen molar-refractivity contribution < 1.29 is 31.1 Å². The van der Waals surface area contributed by atoms with Gasteiger partial charge in [-0.3, -0.25) is 15.0 Å². The van der Waals surface area contributed by atoms with Crippen molar-refractivity contribution in [2.75, 3.05) is 44.2 Å². The van der Waals surface area contributed by atoms with E-state index in [0.29, 0.717) is 13.1 Å². The Balaban J connectivity index is 0.00000205. The molecular formula is C33H35F6N9O. The van der Waals surface area contributed by atoms with Crippen molar-refractivity contribution in [3.05, 3.63) is 47.1 Å². The molecular weight excluding hydrogens is 652 g/mol. The Morgan fingerprint density at radius 2 is 1.90 bits per heavy atom. The second kappa shape index (κ2) is 13.4. The van der Waals surface area contributed by atoms with Crippen LogP contribution in [0.3, 0.4) is 0 Å². The Kier molecular flexibility index (Phi) is 9.42. The van der Waals surface area contributed by atoms with Crippen molar-refractivity contribution in [2.45, 2.75) is 64.2 Å². The minimum absolute atomic E-state index is 0.0429. The quantitative estimate of drug-likeness (QED) is 0.219. The third kappa shape index (κ3) is 6.25. The zero-order valence-corrected chi connectivity index (χ0v) is 27.2. The first kappa shape index (κ1) is 34.4. The van der Waals surface area contributed by atoms with Crippen LogP contribution in [0.4, 0.5) is 32.2 Å². The van der Waals surface area contributed by atoms with Crippen molar-refractivity contribution in [1.29, 1.82) is 5.26 Å². The molecule has 3 saturated heterocycles. The molecule has 6 heterocycles. The van der Waals surface area contributed by atoms with Crippen LogP contribution in [-0.4, -0.2) is 81.0 Å². The van der Waals surface area contributed by atoms with Crippen molar-refractivity contribution in [3.8, 4) is 23.3 Å². The van der Waals surface area contributed by atoms with E-state index in [4.69, 9.17) is 4.74 Å². The molecule has 7 rings (SSSR count). The minimum atomic E-state index is -4.94. The average Bonchev–Trinajstić information content (AvgIpc) is 3.78. The number of piperazine rings is 1. The first-order valence-corrected chi connectivity index (χ1v) is 16.2. The lowest BCUT2D eigenvalue weighted by Crippen LogP contribution is -2.50. The van der Waals surface area contributed by atoms with Gasteiger partial charge in [0.15, 0.2) is 11.5 Å². The molecule has 0 bridgehead atoms. The van der Waals surface area contributed by atoms with E-state index in [2.05, 4.69) is 35.4 Å². The summed E-state index contributed by atoms with van der Waals surface area (Å²) in [7, 11) is 0. The molecule has 0 aliphatic carbocycles. The van der Waals surface area contributed by atoms with Gasteiger partial charge in [0.1, 0.15) is 29.7 Å². The van der Waals surface area contributed by atoms with Crippen LogP contribution in [-0.2, 0) is 6.18 Å². The number of nitrogens with zero attached hydrogens (tertiary/aromatic N) is 7. The van der Waals surface area contributed by atoms with Gasteiger partial charge in [-0.2, -0.15) is 42.3 Å². The molecule has 3 aromatic heterocycles. The monoisotopic (exact) mass is 687 g/mol. The SMILES string of the molecule is CC.Cc1cc2[nH]nc(C#N)c2c(-c2ncc3c(N4CCNC(C=C(F)F)C4)nc(OCC45CCCN4CCC5)nc3c2F)c1C(F)(F)F. The third-order valence-corrected chi connectivity index (χ3v) is 9.43. The van der Waals surface area contributed by atoms with Gasteiger partial charge in [-0.05, 0) is 63.4 Å². The van der Waals surface area contributed by atoms with E-state index in [9.17, 15) is 27.2 Å². The highest BCUT2D eigenvalue weighted by Crippen LogP contribution is 2.45. The topological polar surface area (TPSA) is 119 Å². The number of nitriles is 1. The summed E-state index contributed by atoms with van der Waals surface area (Å²) in [5.41, 5.74) is -3.52. The second-order valence-electron chi connectivity index (χ2n) is 12.2. The molecule has 0 spiro atoms. The van der Waals surface area contributed by atoms with Crippen molar-refractivity contribution >= 4 is 27.6 Å². The number of hydrogen-bond donors (Lipinski definition) is 2. The average molecular weight is 688 g/mol. The van der Waals surface area contributed by atoms with Gasteiger partial charge in [0.2, 0.25) is 0 Å². The normalized spacial score (nSPS) is 19.0. The van der Waals surface area contributed by atoms with E-state index < -0.39 is 40.9 Å². The van der Waals surface area contributed by atoms with Crippen LogP contribution in [0.1, 0.15) is 56.4 Å². The van der Waals surface area contributed by atoms with Crippen LogP contribution >= 0.6 is 0 Å². The van der Waals surface area contributed by atoms with Crippen LogP contribution in [0.2, 0.25) is 0 Å². The largest absolute Gasteiger partial charge is 0.461 e. The van der Waals surface area contributed by atoms with Crippen LogP contribution in [0.25, 0.3) is 33.1 Å². The molecule has 3 aliphatic rings. The maximum Gasteiger partial charge on any atom is 0.417 e. The van der Waals surface area contributed by atoms with E-state index in [-0.39, 0.29) is 63.6 Å². The van der Waals surface area contributed by atoms with Crippen LogP contribution in [0, 0.1) is 24.1 Å². The number of alkyl halides is 3. The molecule has 1 atom stereocenters. The first-order chi connectivity index (χ1) is 23.5. The molecule has 260 valence electrons. The lowest BCUT2D eigenvalue weighted by atomic mass is 9.93. The standard InChI is InChI=1S/C31H29F6N9O.C2H6/c1-16-10-19-22(20(12-38)44-43-19)23(24(16)31(35,36)37)27-25(34)26-18(13-40-27)28(45-9-6-39-17(14-45)11-21(32)33)42-29(41-26)47-15-30-4-2-7-46(30)8-3-5-30;1-2/h10-11,13,17,39H,2-9,14-15H2,1H3,(H,43,44);1-2H3. The number of halogens is 6. The number of nitrogens with one attached hydrogen (secondary N) is 2. The maximum atomic E-state index is 16.8. The van der Waals surface area contributed by atoms with Crippen LogP contribution in [0.5, 0.6) is 6.01 Å². The highest BCUT2D eigenvalue weighted by Gasteiger charge is 2.45. The van der Waals surface area contributed by atoms with E-state index in [1.807, 2.05) is 13.8 Å². The second-order valence-corrected chi connectivity index (χ2v) is 12.2. The first-order valence-electron chi connectivity index (χ1n) is 16.2. The highest BCUT2D eigenvalue weighted by atomic mass is 19.4. The molecule has 1 aromatic carbocycles. The molecule has 4 aromatic rings. The van der Waals surface area contributed by atoms with Gasteiger partial charge in [0.25, 0.3) is 6.08 Å².